The van der Waals surface area contributed by atoms with Crippen LogP contribution in [0.1, 0.15) is 29.7 Å². The lowest BCUT2D eigenvalue weighted by Gasteiger charge is -2.22. The summed E-state index contributed by atoms with van der Waals surface area (Å²) in [5, 5.41) is 23.2. The molecule has 1 saturated heterocycles. The number of aliphatic hydroxyl groups excluding tert-OH is 1. The monoisotopic (exact) mass is 543 g/mol. The van der Waals surface area contributed by atoms with Crippen LogP contribution in [0.5, 0.6) is 11.5 Å². The topological polar surface area (TPSA) is 132 Å². The average molecular weight is 544 g/mol. The summed E-state index contributed by atoms with van der Waals surface area (Å²) in [7, 11) is 1.54. The first kappa shape index (κ1) is 24.6. The number of methoxy groups -OCH3 is 1. The largest absolute Gasteiger partial charge is 0.507 e. The Morgan fingerprint density at radius 3 is 2.77 bits per heavy atom. The van der Waals surface area contributed by atoms with E-state index >= 15 is 0 Å². The minimum absolute atomic E-state index is 0.0227. The highest BCUT2D eigenvalue weighted by molar-refractivity contribution is 7.22. The molecule has 0 saturated carbocycles. The number of nitrogens with zero attached hydrogens (tertiary/aromatic N) is 3. The second-order valence-corrected chi connectivity index (χ2v) is 10.3. The van der Waals surface area contributed by atoms with Crippen molar-refractivity contribution in [3.05, 3.63) is 93.0 Å². The van der Waals surface area contributed by atoms with Crippen LogP contribution in [0, 0.1) is 10.1 Å². The molecule has 6 rings (SSSR count). The van der Waals surface area contributed by atoms with Gasteiger partial charge in [0, 0.05) is 24.1 Å². The summed E-state index contributed by atoms with van der Waals surface area (Å²) in [5.74, 6) is -0.884. The van der Waals surface area contributed by atoms with Crippen LogP contribution in [0.2, 0.25) is 0 Å². The summed E-state index contributed by atoms with van der Waals surface area (Å²) in [5.41, 5.74) is 1.70. The zero-order chi connectivity index (χ0) is 27.4. The molecular weight excluding hydrogens is 522 g/mol. The van der Waals surface area contributed by atoms with Crippen molar-refractivity contribution in [3.63, 3.8) is 0 Å². The Bertz CT molecular complexity index is 1730. The van der Waals surface area contributed by atoms with Crippen LogP contribution in [0.3, 0.4) is 0 Å². The van der Waals surface area contributed by atoms with E-state index in [2.05, 4.69) is 4.98 Å². The maximum absolute atomic E-state index is 13.5. The molecule has 1 N–H and O–H groups in total. The number of nitro benzene ring substituents is 1. The Morgan fingerprint density at radius 1 is 1.18 bits per heavy atom. The highest BCUT2D eigenvalue weighted by Gasteiger charge is 2.48. The van der Waals surface area contributed by atoms with E-state index in [1.54, 1.807) is 42.5 Å². The number of anilines is 1. The van der Waals surface area contributed by atoms with Gasteiger partial charge in [-0.15, -0.1) is 0 Å². The normalized spacial score (nSPS) is 19.8. The van der Waals surface area contributed by atoms with Crippen molar-refractivity contribution < 1.29 is 29.1 Å². The maximum atomic E-state index is 13.5. The lowest BCUT2D eigenvalue weighted by molar-refractivity contribution is -0.384. The molecule has 10 nitrogen and oxygen atoms in total. The minimum atomic E-state index is -1.14. The van der Waals surface area contributed by atoms with Gasteiger partial charge in [0.2, 0.25) is 0 Å². The predicted octanol–water partition coefficient (Wildman–Crippen LogP) is 5.16. The second kappa shape index (κ2) is 9.21. The van der Waals surface area contributed by atoms with Crippen molar-refractivity contribution >= 4 is 49.8 Å². The molecular formula is C28H21N3O7S. The molecule has 11 heteroatoms. The summed E-state index contributed by atoms with van der Waals surface area (Å²) >= 11 is 1.17. The van der Waals surface area contributed by atoms with Crippen molar-refractivity contribution in [2.24, 2.45) is 0 Å². The Balaban J connectivity index is 1.55. The van der Waals surface area contributed by atoms with Gasteiger partial charge in [-0.1, -0.05) is 23.5 Å². The van der Waals surface area contributed by atoms with Gasteiger partial charge in [-0.2, -0.15) is 0 Å². The number of nitro groups is 1. The summed E-state index contributed by atoms with van der Waals surface area (Å²) < 4.78 is 11.8. The maximum Gasteiger partial charge on any atom is 0.301 e. The number of fused-ring (bicyclic) bond motifs is 2. The van der Waals surface area contributed by atoms with Crippen molar-refractivity contribution in [2.45, 2.75) is 25.5 Å². The first-order valence-corrected chi connectivity index (χ1v) is 12.9. The molecule has 1 aromatic heterocycles. The zero-order valence-electron chi connectivity index (χ0n) is 20.8. The van der Waals surface area contributed by atoms with Gasteiger partial charge in [0.25, 0.3) is 11.5 Å². The van der Waals surface area contributed by atoms with Gasteiger partial charge in [0.1, 0.15) is 23.4 Å². The predicted molar refractivity (Wildman–Crippen MR) is 144 cm³/mol. The number of aliphatic hydroxyl groups is 1. The summed E-state index contributed by atoms with van der Waals surface area (Å²) in [6, 6.07) is 14.8. The third-order valence-corrected chi connectivity index (χ3v) is 7.82. The van der Waals surface area contributed by atoms with Crippen LogP contribution >= 0.6 is 11.3 Å². The van der Waals surface area contributed by atoms with Gasteiger partial charge >= 0.3 is 5.91 Å². The number of thiazole rings is 1. The van der Waals surface area contributed by atoms with Crippen LogP contribution in [0.15, 0.2) is 66.2 Å². The summed E-state index contributed by atoms with van der Waals surface area (Å²) in [4.78, 5) is 43.8. The van der Waals surface area contributed by atoms with Gasteiger partial charge in [0.05, 0.1) is 33.9 Å². The number of hydrogen-bond acceptors (Lipinski definition) is 9. The number of rotatable bonds is 5. The third kappa shape index (κ3) is 4.07. The standard InChI is InChI=1S/C28H21N3O7S/c1-14-10-17-11-16(6-9-21(17)38-14)25(32)23-24(15-4-3-5-18(12-15)31(35)36)30(27(34)26(23)33)28-29-20-8-7-19(37-2)13-22(20)39-28/h3-9,11-14,24,32H,10H2,1-2H3. The van der Waals surface area contributed by atoms with Crippen molar-refractivity contribution in [1.82, 2.24) is 4.98 Å². The number of Topliss-reactive ketones (excluding diaryl/α,β-unsaturated/α-hetero) is 1. The van der Waals surface area contributed by atoms with Gasteiger partial charge in [0.15, 0.2) is 5.13 Å². The molecule has 2 atom stereocenters. The van der Waals surface area contributed by atoms with Gasteiger partial charge in [-0.3, -0.25) is 24.6 Å². The number of hydrogen-bond donors (Lipinski definition) is 1. The second-order valence-electron chi connectivity index (χ2n) is 9.31. The molecule has 0 radical (unpaired) electrons. The third-order valence-electron chi connectivity index (χ3n) is 6.80. The van der Waals surface area contributed by atoms with Gasteiger partial charge in [-0.25, -0.2) is 4.98 Å². The average Bonchev–Trinajstić information content (AvgIpc) is 3.59. The quantitative estimate of drug-likeness (QED) is 0.120. The Hall–Kier alpha value is -4.77. The molecule has 2 aliphatic heterocycles. The molecule has 0 spiro atoms. The molecule has 2 aliphatic rings. The van der Waals surface area contributed by atoms with Crippen LogP contribution in [-0.2, 0) is 16.0 Å². The number of aromatic nitrogens is 1. The summed E-state index contributed by atoms with van der Waals surface area (Å²) in [6.45, 7) is 1.93. The van der Waals surface area contributed by atoms with Crippen LogP contribution in [-0.4, -0.2) is 39.9 Å². The Kier molecular flexibility index (Phi) is 5.80. The number of ketones is 1. The molecule has 0 aliphatic carbocycles. The fourth-order valence-corrected chi connectivity index (χ4v) is 6.02. The van der Waals surface area contributed by atoms with Crippen LogP contribution in [0.25, 0.3) is 16.0 Å². The van der Waals surface area contributed by atoms with E-state index in [-0.39, 0.29) is 28.3 Å². The zero-order valence-corrected chi connectivity index (χ0v) is 21.6. The number of carbonyl (C=O) groups excluding carboxylic acids is 2. The minimum Gasteiger partial charge on any atom is -0.507 e. The SMILES string of the molecule is COc1ccc2nc(N3C(=O)C(=O)C(=C(O)c4ccc5c(c4)CC(C)O5)C3c3cccc([N+](=O)[O-])c3)sc2c1. The molecule has 196 valence electrons. The fourth-order valence-electron chi connectivity index (χ4n) is 5.00. The van der Waals surface area contributed by atoms with Crippen molar-refractivity contribution in [1.29, 1.82) is 0 Å². The van der Waals surface area contributed by atoms with E-state index in [0.29, 0.717) is 34.6 Å². The number of carbonyl (C=O) groups is 2. The number of ether oxygens (including phenoxy) is 2. The number of non-ortho nitro benzene ring substituents is 1. The smallest absolute Gasteiger partial charge is 0.301 e. The molecule has 3 heterocycles. The van der Waals surface area contributed by atoms with E-state index in [4.69, 9.17) is 9.47 Å². The Labute approximate surface area is 225 Å². The number of benzene rings is 3. The van der Waals surface area contributed by atoms with E-state index in [1.807, 2.05) is 6.92 Å². The van der Waals surface area contributed by atoms with E-state index in [0.717, 1.165) is 10.3 Å². The molecule has 4 aromatic rings. The lowest BCUT2D eigenvalue weighted by atomic mass is 9.94. The molecule has 39 heavy (non-hydrogen) atoms. The van der Waals surface area contributed by atoms with Gasteiger partial charge < -0.3 is 14.6 Å². The highest BCUT2D eigenvalue weighted by Crippen LogP contribution is 2.45. The molecule has 2 unspecified atom stereocenters. The fraction of sp³-hybridized carbons (Fsp3) is 0.179. The van der Waals surface area contributed by atoms with E-state index in [1.165, 1.54) is 41.5 Å². The molecule has 1 amide bonds. The van der Waals surface area contributed by atoms with E-state index < -0.39 is 22.7 Å². The lowest BCUT2D eigenvalue weighted by Crippen LogP contribution is -2.29. The summed E-state index contributed by atoms with van der Waals surface area (Å²) in [6.07, 6.45) is 0.611. The van der Waals surface area contributed by atoms with E-state index in [9.17, 15) is 24.8 Å². The van der Waals surface area contributed by atoms with Crippen LogP contribution in [0.4, 0.5) is 10.8 Å². The van der Waals surface area contributed by atoms with Crippen LogP contribution < -0.4 is 14.4 Å². The first-order valence-electron chi connectivity index (χ1n) is 12.0. The van der Waals surface area contributed by atoms with Crippen molar-refractivity contribution in [3.8, 4) is 11.5 Å². The van der Waals surface area contributed by atoms with Crippen molar-refractivity contribution in [2.75, 3.05) is 12.0 Å². The highest BCUT2D eigenvalue weighted by atomic mass is 32.1. The van der Waals surface area contributed by atoms with Gasteiger partial charge in [-0.05, 0) is 54.4 Å². The molecule has 1 fully saturated rings. The number of amides is 1. The Morgan fingerprint density at radius 2 is 2.00 bits per heavy atom. The molecule has 3 aromatic carbocycles. The molecule has 0 bridgehead atoms. The first-order chi connectivity index (χ1) is 18.7.